The van der Waals surface area contributed by atoms with Crippen LogP contribution in [0.15, 0.2) is 24.3 Å². The molecule has 1 atom stereocenters. The standard InChI is InChI=1S/C16H25N5/c1-12-6-8-13(9-7-12)14(11-17-16(2,3)4)10-15-18-20-21(5)19-15/h6-9,14,17H,10-11H2,1-5H3. The first-order chi connectivity index (χ1) is 9.83. The highest BCUT2D eigenvalue weighted by molar-refractivity contribution is 5.25. The minimum Gasteiger partial charge on any atom is -0.311 e. The Morgan fingerprint density at radius 2 is 1.86 bits per heavy atom. The summed E-state index contributed by atoms with van der Waals surface area (Å²) in [5.74, 6) is 1.13. The lowest BCUT2D eigenvalue weighted by molar-refractivity contribution is 0.403. The molecule has 0 fully saturated rings. The Bertz CT molecular complexity index is 565. The zero-order chi connectivity index (χ0) is 15.5. The molecule has 21 heavy (non-hydrogen) atoms. The largest absolute Gasteiger partial charge is 0.311 e. The fraction of sp³-hybridized carbons (Fsp3) is 0.562. The van der Waals surface area contributed by atoms with Gasteiger partial charge in [0.05, 0.1) is 7.05 Å². The minimum atomic E-state index is 0.0960. The summed E-state index contributed by atoms with van der Waals surface area (Å²) < 4.78 is 0. The van der Waals surface area contributed by atoms with Crippen LogP contribution in [0.25, 0.3) is 0 Å². The Morgan fingerprint density at radius 1 is 1.19 bits per heavy atom. The summed E-state index contributed by atoms with van der Waals surface area (Å²) in [6.07, 6.45) is 0.792. The summed E-state index contributed by atoms with van der Waals surface area (Å²) >= 11 is 0. The van der Waals surface area contributed by atoms with Crippen molar-refractivity contribution < 1.29 is 0 Å². The third-order valence-electron chi connectivity index (χ3n) is 3.41. The lowest BCUT2D eigenvalue weighted by Crippen LogP contribution is -2.39. The van der Waals surface area contributed by atoms with Crippen LogP contribution in [0.3, 0.4) is 0 Å². The summed E-state index contributed by atoms with van der Waals surface area (Å²) in [5, 5.41) is 15.9. The number of nitrogens with zero attached hydrogens (tertiary/aromatic N) is 4. The molecule has 5 heteroatoms. The first kappa shape index (κ1) is 15.6. The molecular formula is C16H25N5. The van der Waals surface area contributed by atoms with E-state index >= 15 is 0 Å². The summed E-state index contributed by atoms with van der Waals surface area (Å²) in [7, 11) is 1.80. The SMILES string of the molecule is Cc1ccc(C(CNC(C)(C)C)Cc2nnn(C)n2)cc1. The average molecular weight is 287 g/mol. The molecular weight excluding hydrogens is 262 g/mol. The summed E-state index contributed by atoms with van der Waals surface area (Å²) in [6, 6.07) is 8.70. The van der Waals surface area contributed by atoms with Crippen molar-refractivity contribution in [2.45, 2.75) is 45.6 Å². The molecule has 1 N–H and O–H groups in total. The van der Waals surface area contributed by atoms with E-state index in [1.807, 2.05) is 0 Å². The smallest absolute Gasteiger partial charge is 0.175 e. The molecule has 1 aromatic heterocycles. The van der Waals surface area contributed by atoms with Crippen molar-refractivity contribution in [1.82, 2.24) is 25.5 Å². The highest BCUT2D eigenvalue weighted by Crippen LogP contribution is 2.20. The molecule has 1 aromatic carbocycles. The fourth-order valence-electron chi connectivity index (χ4n) is 2.20. The number of aryl methyl sites for hydroxylation is 2. The molecule has 0 aliphatic rings. The third-order valence-corrected chi connectivity index (χ3v) is 3.41. The van der Waals surface area contributed by atoms with Crippen molar-refractivity contribution in [3.63, 3.8) is 0 Å². The van der Waals surface area contributed by atoms with Crippen LogP contribution >= 0.6 is 0 Å². The first-order valence-corrected chi connectivity index (χ1v) is 7.38. The van der Waals surface area contributed by atoms with E-state index in [1.165, 1.54) is 15.9 Å². The van der Waals surface area contributed by atoms with Gasteiger partial charge in [0, 0.05) is 24.4 Å². The second-order valence-corrected chi connectivity index (χ2v) is 6.64. The van der Waals surface area contributed by atoms with Crippen LogP contribution in [0.4, 0.5) is 0 Å². The van der Waals surface area contributed by atoms with Gasteiger partial charge in [-0.25, -0.2) is 0 Å². The zero-order valence-corrected chi connectivity index (χ0v) is 13.6. The van der Waals surface area contributed by atoms with E-state index in [2.05, 4.69) is 72.7 Å². The number of benzene rings is 1. The van der Waals surface area contributed by atoms with Crippen molar-refractivity contribution in [2.75, 3.05) is 6.54 Å². The van der Waals surface area contributed by atoms with Crippen molar-refractivity contribution in [3.8, 4) is 0 Å². The molecule has 0 radical (unpaired) electrons. The van der Waals surface area contributed by atoms with Gasteiger partial charge in [-0.2, -0.15) is 4.80 Å². The van der Waals surface area contributed by atoms with Crippen molar-refractivity contribution in [2.24, 2.45) is 7.05 Å². The topological polar surface area (TPSA) is 55.6 Å². The fourth-order valence-corrected chi connectivity index (χ4v) is 2.20. The predicted molar refractivity (Wildman–Crippen MR) is 84.2 cm³/mol. The number of tetrazole rings is 1. The zero-order valence-electron chi connectivity index (χ0n) is 13.6. The summed E-state index contributed by atoms with van der Waals surface area (Å²) in [5.41, 5.74) is 2.68. The van der Waals surface area contributed by atoms with E-state index in [-0.39, 0.29) is 5.54 Å². The lowest BCUT2D eigenvalue weighted by atomic mass is 9.93. The molecule has 0 aliphatic heterocycles. The van der Waals surface area contributed by atoms with E-state index in [4.69, 9.17) is 0 Å². The van der Waals surface area contributed by atoms with Gasteiger partial charge in [0.15, 0.2) is 5.82 Å². The van der Waals surface area contributed by atoms with Crippen molar-refractivity contribution in [3.05, 3.63) is 41.2 Å². The van der Waals surface area contributed by atoms with Crippen LogP contribution in [0.5, 0.6) is 0 Å². The molecule has 1 heterocycles. The Labute approximate surface area is 126 Å². The third kappa shape index (κ3) is 4.93. The first-order valence-electron chi connectivity index (χ1n) is 7.38. The van der Waals surface area contributed by atoms with Gasteiger partial charge in [-0.1, -0.05) is 29.8 Å². The molecule has 0 amide bonds. The van der Waals surface area contributed by atoms with E-state index in [0.29, 0.717) is 5.92 Å². The van der Waals surface area contributed by atoms with Crippen LogP contribution < -0.4 is 5.32 Å². The Kier molecular flexibility index (Phi) is 4.73. The van der Waals surface area contributed by atoms with Crippen molar-refractivity contribution in [1.29, 1.82) is 0 Å². The van der Waals surface area contributed by atoms with E-state index in [9.17, 15) is 0 Å². The van der Waals surface area contributed by atoms with E-state index < -0.39 is 0 Å². The van der Waals surface area contributed by atoms with Crippen LogP contribution in [0.2, 0.25) is 0 Å². The van der Waals surface area contributed by atoms with Gasteiger partial charge in [0.1, 0.15) is 0 Å². The molecule has 0 saturated heterocycles. The van der Waals surface area contributed by atoms with Crippen LogP contribution in [0.1, 0.15) is 43.6 Å². The van der Waals surface area contributed by atoms with Crippen LogP contribution in [-0.4, -0.2) is 32.3 Å². The van der Waals surface area contributed by atoms with Gasteiger partial charge in [0.25, 0.3) is 0 Å². The molecule has 0 bridgehead atoms. The van der Waals surface area contributed by atoms with Gasteiger partial charge < -0.3 is 5.32 Å². The maximum atomic E-state index is 4.30. The van der Waals surface area contributed by atoms with E-state index in [1.54, 1.807) is 7.05 Å². The van der Waals surface area contributed by atoms with Gasteiger partial charge >= 0.3 is 0 Å². The number of hydrogen-bond acceptors (Lipinski definition) is 4. The van der Waals surface area contributed by atoms with E-state index in [0.717, 1.165) is 18.8 Å². The quantitative estimate of drug-likeness (QED) is 0.916. The molecule has 0 aliphatic carbocycles. The minimum absolute atomic E-state index is 0.0960. The lowest BCUT2D eigenvalue weighted by Gasteiger charge is -2.25. The second kappa shape index (κ2) is 6.35. The average Bonchev–Trinajstić information content (AvgIpc) is 2.80. The molecule has 0 spiro atoms. The van der Waals surface area contributed by atoms with Gasteiger partial charge in [-0.3, -0.25) is 0 Å². The van der Waals surface area contributed by atoms with Gasteiger partial charge in [0.2, 0.25) is 0 Å². The van der Waals surface area contributed by atoms with Crippen LogP contribution in [-0.2, 0) is 13.5 Å². The highest BCUT2D eigenvalue weighted by atomic mass is 15.6. The highest BCUT2D eigenvalue weighted by Gasteiger charge is 2.18. The van der Waals surface area contributed by atoms with Gasteiger partial charge in [-0.05, 0) is 38.5 Å². The monoisotopic (exact) mass is 287 g/mol. The maximum Gasteiger partial charge on any atom is 0.175 e. The molecule has 114 valence electrons. The van der Waals surface area contributed by atoms with Gasteiger partial charge in [-0.15, -0.1) is 10.2 Å². The second-order valence-electron chi connectivity index (χ2n) is 6.64. The summed E-state index contributed by atoms with van der Waals surface area (Å²) in [4.78, 5) is 1.51. The Hall–Kier alpha value is -1.75. The Morgan fingerprint density at radius 3 is 2.38 bits per heavy atom. The van der Waals surface area contributed by atoms with Crippen molar-refractivity contribution >= 4 is 0 Å². The predicted octanol–water partition coefficient (Wildman–Crippen LogP) is 2.23. The number of aromatic nitrogens is 4. The Balaban J connectivity index is 2.15. The molecule has 1 unspecified atom stereocenters. The maximum absolute atomic E-state index is 4.30. The summed E-state index contributed by atoms with van der Waals surface area (Å²) in [6.45, 7) is 9.54. The number of nitrogens with one attached hydrogen (secondary N) is 1. The normalized spacial score (nSPS) is 13.4. The van der Waals surface area contributed by atoms with Crippen LogP contribution in [0, 0.1) is 6.92 Å². The number of rotatable bonds is 5. The number of hydrogen-bond donors (Lipinski definition) is 1. The molecule has 0 saturated carbocycles. The molecule has 5 nitrogen and oxygen atoms in total. The molecule has 2 rings (SSSR count). The molecule has 2 aromatic rings.